The molecule has 24 heavy (non-hydrogen) atoms. The molecule has 0 unspecified atom stereocenters. The standard InChI is InChI=1S/C18H17N5O/c24-18(17-20-9-2-10-21-17)23-11-6-13(7-12-23)15-5-4-14-3-1-8-19-16(14)22-15/h1-5,8-10,13H,6-7,11-12H2. The predicted molar refractivity (Wildman–Crippen MR) is 89.4 cm³/mol. The van der Waals surface area contributed by atoms with Crippen molar-refractivity contribution >= 4 is 16.9 Å². The van der Waals surface area contributed by atoms with Crippen molar-refractivity contribution in [3.05, 3.63) is 60.4 Å². The van der Waals surface area contributed by atoms with E-state index in [-0.39, 0.29) is 11.7 Å². The van der Waals surface area contributed by atoms with Gasteiger partial charge in [0, 0.05) is 48.7 Å². The van der Waals surface area contributed by atoms with Crippen LogP contribution in [-0.2, 0) is 0 Å². The molecule has 4 heterocycles. The third-order valence-corrected chi connectivity index (χ3v) is 4.44. The number of carbonyl (C=O) groups excluding carboxylic acids is 1. The number of fused-ring (bicyclic) bond motifs is 1. The Morgan fingerprint density at radius 1 is 0.958 bits per heavy atom. The Morgan fingerprint density at radius 2 is 1.71 bits per heavy atom. The second kappa shape index (κ2) is 6.31. The fraction of sp³-hybridized carbons (Fsp3) is 0.278. The van der Waals surface area contributed by atoms with Crippen LogP contribution in [0.15, 0.2) is 48.9 Å². The number of aromatic nitrogens is 4. The highest BCUT2D eigenvalue weighted by Crippen LogP contribution is 2.28. The average molecular weight is 319 g/mol. The number of amides is 1. The molecular weight excluding hydrogens is 302 g/mol. The molecule has 6 nitrogen and oxygen atoms in total. The van der Waals surface area contributed by atoms with E-state index in [4.69, 9.17) is 0 Å². The maximum atomic E-state index is 12.4. The van der Waals surface area contributed by atoms with Gasteiger partial charge in [0.05, 0.1) is 0 Å². The van der Waals surface area contributed by atoms with E-state index in [2.05, 4.69) is 32.1 Å². The average Bonchev–Trinajstić information content (AvgIpc) is 2.68. The topological polar surface area (TPSA) is 71.9 Å². The lowest BCUT2D eigenvalue weighted by atomic mass is 9.93. The first-order valence-corrected chi connectivity index (χ1v) is 8.09. The van der Waals surface area contributed by atoms with E-state index in [0.717, 1.165) is 29.6 Å². The first-order chi connectivity index (χ1) is 11.8. The summed E-state index contributed by atoms with van der Waals surface area (Å²) in [5.74, 6) is 0.531. The van der Waals surface area contributed by atoms with E-state index in [9.17, 15) is 4.79 Å². The predicted octanol–water partition coefficient (Wildman–Crippen LogP) is 2.44. The van der Waals surface area contributed by atoms with Crippen molar-refractivity contribution in [3.63, 3.8) is 0 Å². The normalized spacial score (nSPS) is 15.6. The Hall–Kier alpha value is -2.89. The fourth-order valence-corrected chi connectivity index (χ4v) is 3.12. The van der Waals surface area contributed by atoms with Crippen molar-refractivity contribution in [1.29, 1.82) is 0 Å². The molecule has 0 aromatic carbocycles. The molecule has 6 heteroatoms. The number of pyridine rings is 2. The van der Waals surface area contributed by atoms with Crippen LogP contribution in [-0.4, -0.2) is 43.8 Å². The molecule has 0 atom stereocenters. The van der Waals surface area contributed by atoms with Gasteiger partial charge in [-0.3, -0.25) is 4.79 Å². The quantitative estimate of drug-likeness (QED) is 0.725. The molecule has 120 valence electrons. The molecule has 1 aliphatic rings. The summed E-state index contributed by atoms with van der Waals surface area (Å²) in [7, 11) is 0. The van der Waals surface area contributed by atoms with Crippen LogP contribution in [0.4, 0.5) is 0 Å². The van der Waals surface area contributed by atoms with Gasteiger partial charge in [-0.15, -0.1) is 0 Å². The van der Waals surface area contributed by atoms with E-state index < -0.39 is 0 Å². The lowest BCUT2D eigenvalue weighted by Gasteiger charge is -2.31. The van der Waals surface area contributed by atoms with Crippen molar-refractivity contribution in [3.8, 4) is 0 Å². The molecule has 3 aromatic rings. The van der Waals surface area contributed by atoms with E-state index in [1.807, 2.05) is 17.0 Å². The van der Waals surface area contributed by atoms with E-state index >= 15 is 0 Å². The van der Waals surface area contributed by atoms with Gasteiger partial charge in [0.15, 0.2) is 5.65 Å². The molecule has 0 bridgehead atoms. The van der Waals surface area contributed by atoms with Crippen LogP contribution in [0.2, 0.25) is 0 Å². The maximum absolute atomic E-state index is 12.4. The van der Waals surface area contributed by atoms with Crippen molar-refractivity contribution in [2.24, 2.45) is 0 Å². The highest BCUT2D eigenvalue weighted by Gasteiger charge is 2.26. The Labute approximate surface area is 139 Å². The molecule has 1 amide bonds. The summed E-state index contributed by atoms with van der Waals surface area (Å²) in [6, 6.07) is 9.79. The highest BCUT2D eigenvalue weighted by atomic mass is 16.2. The second-order valence-electron chi connectivity index (χ2n) is 5.93. The van der Waals surface area contributed by atoms with Gasteiger partial charge < -0.3 is 4.90 Å². The van der Waals surface area contributed by atoms with Gasteiger partial charge in [0.2, 0.25) is 5.82 Å². The minimum atomic E-state index is -0.0952. The van der Waals surface area contributed by atoms with Crippen molar-refractivity contribution in [2.75, 3.05) is 13.1 Å². The van der Waals surface area contributed by atoms with Crippen LogP contribution >= 0.6 is 0 Å². The van der Waals surface area contributed by atoms with Gasteiger partial charge in [-0.2, -0.15) is 0 Å². The van der Waals surface area contributed by atoms with Gasteiger partial charge in [-0.25, -0.2) is 19.9 Å². The van der Waals surface area contributed by atoms with Crippen LogP contribution < -0.4 is 0 Å². The maximum Gasteiger partial charge on any atom is 0.291 e. The summed E-state index contributed by atoms with van der Waals surface area (Å²) in [4.78, 5) is 31.3. The Bertz CT molecular complexity index is 859. The number of piperidine rings is 1. The molecule has 3 aromatic heterocycles. The lowest BCUT2D eigenvalue weighted by molar-refractivity contribution is 0.0699. The van der Waals surface area contributed by atoms with Crippen LogP contribution in [0.5, 0.6) is 0 Å². The first kappa shape index (κ1) is 14.7. The van der Waals surface area contributed by atoms with E-state index in [0.29, 0.717) is 19.0 Å². The Kier molecular flexibility index (Phi) is 3.86. The zero-order valence-electron chi connectivity index (χ0n) is 13.2. The monoisotopic (exact) mass is 319 g/mol. The van der Waals surface area contributed by atoms with Crippen LogP contribution in [0, 0.1) is 0 Å². The molecule has 0 aliphatic carbocycles. The number of rotatable bonds is 2. The molecule has 1 fully saturated rings. The van der Waals surface area contributed by atoms with Crippen molar-refractivity contribution < 1.29 is 4.79 Å². The number of likely N-dealkylation sites (tertiary alicyclic amines) is 1. The van der Waals surface area contributed by atoms with Gasteiger partial charge >= 0.3 is 0 Å². The molecule has 4 rings (SSSR count). The van der Waals surface area contributed by atoms with Gasteiger partial charge in [-0.1, -0.05) is 0 Å². The highest BCUT2D eigenvalue weighted by molar-refractivity contribution is 5.90. The van der Waals surface area contributed by atoms with Gasteiger partial charge in [-0.05, 0) is 43.2 Å². The summed E-state index contributed by atoms with van der Waals surface area (Å²) in [6.45, 7) is 1.40. The van der Waals surface area contributed by atoms with Crippen molar-refractivity contribution in [1.82, 2.24) is 24.8 Å². The zero-order chi connectivity index (χ0) is 16.4. The number of hydrogen-bond acceptors (Lipinski definition) is 5. The molecule has 0 N–H and O–H groups in total. The molecule has 1 aliphatic heterocycles. The van der Waals surface area contributed by atoms with Gasteiger partial charge in [0.25, 0.3) is 5.91 Å². The number of carbonyl (C=O) groups is 1. The Morgan fingerprint density at radius 3 is 2.50 bits per heavy atom. The summed E-state index contributed by atoms with van der Waals surface area (Å²) in [6.07, 6.45) is 6.74. The van der Waals surface area contributed by atoms with Crippen LogP contribution in [0.1, 0.15) is 35.1 Å². The molecule has 0 saturated carbocycles. The van der Waals surface area contributed by atoms with Gasteiger partial charge in [0.1, 0.15) is 0 Å². The molecule has 1 saturated heterocycles. The third-order valence-electron chi connectivity index (χ3n) is 4.44. The van der Waals surface area contributed by atoms with E-state index in [1.165, 1.54) is 0 Å². The molecular formula is C18H17N5O. The summed E-state index contributed by atoms with van der Waals surface area (Å²) < 4.78 is 0. The largest absolute Gasteiger partial charge is 0.336 e. The summed E-state index contributed by atoms with van der Waals surface area (Å²) in [5.41, 5.74) is 1.84. The van der Waals surface area contributed by atoms with E-state index in [1.54, 1.807) is 24.7 Å². The smallest absolute Gasteiger partial charge is 0.291 e. The lowest BCUT2D eigenvalue weighted by Crippen LogP contribution is -2.38. The fourth-order valence-electron chi connectivity index (χ4n) is 3.12. The number of nitrogens with zero attached hydrogens (tertiary/aromatic N) is 5. The summed E-state index contributed by atoms with van der Waals surface area (Å²) in [5, 5.41) is 1.05. The number of hydrogen-bond donors (Lipinski definition) is 0. The second-order valence-corrected chi connectivity index (χ2v) is 5.93. The molecule has 0 radical (unpaired) electrons. The molecule has 0 spiro atoms. The minimum Gasteiger partial charge on any atom is -0.336 e. The summed E-state index contributed by atoms with van der Waals surface area (Å²) >= 11 is 0. The van der Waals surface area contributed by atoms with Crippen LogP contribution in [0.3, 0.4) is 0 Å². The third kappa shape index (κ3) is 2.82. The SMILES string of the molecule is O=C(c1ncccn1)N1CCC(c2ccc3cccnc3n2)CC1. The Balaban J connectivity index is 1.46. The minimum absolute atomic E-state index is 0.0952. The van der Waals surface area contributed by atoms with Crippen molar-refractivity contribution in [2.45, 2.75) is 18.8 Å². The first-order valence-electron chi connectivity index (χ1n) is 8.09. The van der Waals surface area contributed by atoms with Crippen LogP contribution in [0.25, 0.3) is 11.0 Å². The zero-order valence-corrected chi connectivity index (χ0v) is 13.2.